The van der Waals surface area contributed by atoms with Crippen LogP contribution in [0.2, 0.25) is 5.02 Å². The number of carbonyl (C=O) groups excluding carboxylic acids is 1. The molecular weight excluding hydrogens is 448 g/mol. The lowest BCUT2D eigenvalue weighted by Gasteiger charge is -2.12. The summed E-state index contributed by atoms with van der Waals surface area (Å²) in [5.74, 6) is 0.594. The van der Waals surface area contributed by atoms with Crippen molar-refractivity contribution >= 4 is 58.1 Å². The van der Waals surface area contributed by atoms with Crippen LogP contribution in [0, 0.1) is 0 Å². The van der Waals surface area contributed by atoms with Crippen molar-refractivity contribution in [3.63, 3.8) is 0 Å². The molecule has 10 heteroatoms. The van der Waals surface area contributed by atoms with Gasteiger partial charge < -0.3 is 5.11 Å². The number of nitrogens with one attached hydrogen (secondary N) is 2. The fraction of sp³-hybridized carbons (Fsp3) is 0.158. The van der Waals surface area contributed by atoms with Gasteiger partial charge in [0.2, 0.25) is 4.34 Å². The second kappa shape index (κ2) is 10.6. The number of hydrogen-bond donors (Lipinski definition) is 1. The summed E-state index contributed by atoms with van der Waals surface area (Å²) in [5, 5.41) is 23.7. The second-order valence-corrected chi connectivity index (χ2v) is 9.71. The van der Waals surface area contributed by atoms with Crippen LogP contribution in [0.25, 0.3) is 0 Å². The number of thioether (sulfide) groups is 2. The number of hydrazone groups is 1. The third-order valence-corrected chi connectivity index (χ3v) is 7.23. The molecule has 0 unspecified atom stereocenters. The van der Waals surface area contributed by atoms with Crippen molar-refractivity contribution in [2.75, 3.05) is 5.75 Å². The van der Waals surface area contributed by atoms with Gasteiger partial charge in [0.1, 0.15) is 0 Å². The minimum Gasteiger partial charge on any atom is -0.872 e. The van der Waals surface area contributed by atoms with Crippen molar-refractivity contribution in [2.45, 2.75) is 21.4 Å². The van der Waals surface area contributed by atoms with E-state index in [1.807, 2.05) is 24.3 Å². The van der Waals surface area contributed by atoms with Crippen LogP contribution >= 0.6 is 46.5 Å². The van der Waals surface area contributed by atoms with E-state index >= 15 is 0 Å². The average Bonchev–Trinajstić information content (AvgIpc) is 3.18. The fourth-order valence-electron chi connectivity index (χ4n) is 2.20. The summed E-state index contributed by atoms with van der Waals surface area (Å²) in [6.45, 7) is 1.68. The van der Waals surface area contributed by atoms with Gasteiger partial charge in [-0.25, -0.2) is 5.43 Å². The lowest BCUT2D eigenvalue weighted by Crippen LogP contribution is -2.21. The Hall–Kier alpha value is -2.07. The molecule has 1 heterocycles. The van der Waals surface area contributed by atoms with Gasteiger partial charge in [-0.15, -0.1) is 0 Å². The molecule has 0 aliphatic rings. The van der Waals surface area contributed by atoms with E-state index in [0.717, 1.165) is 19.5 Å². The van der Waals surface area contributed by atoms with Gasteiger partial charge in [-0.1, -0.05) is 70.6 Å². The number of H-pyrrole nitrogens is 1. The molecule has 0 aliphatic carbocycles. The maximum Gasteiger partial charge on any atom is 0.323 e. The zero-order chi connectivity index (χ0) is 20.6. The SMILES string of the molecule is CC(=NNC(=O)CSc1n[nH+]c(SCc2ccc(Cl)cc2)s1)c1ccccc1[O-]. The first-order valence-electron chi connectivity index (χ1n) is 8.49. The first-order chi connectivity index (χ1) is 14.0. The normalized spacial score (nSPS) is 11.4. The van der Waals surface area contributed by atoms with Crippen molar-refractivity contribution < 1.29 is 15.0 Å². The van der Waals surface area contributed by atoms with Crippen LogP contribution in [-0.4, -0.2) is 22.5 Å². The minimum atomic E-state index is -0.261. The molecule has 0 atom stereocenters. The Kier molecular flexibility index (Phi) is 7.93. The Bertz CT molecular complexity index is 1010. The highest BCUT2D eigenvalue weighted by Crippen LogP contribution is 2.28. The van der Waals surface area contributed by atoms with E-state index in [0.29, 0.717) is 11.3 Å². The molecule has 3 aromatic rings. The van der Waals surface area contributed by atoms with Crippen LogP contribution in [-0.2, 0) is 10.5 Å². The molecule has 1 aromatic heterocycles. The number of carbonyl (C=O) groups is 1. The van der Waals surface area contributed by atoms with Crippen LogP contribution in [0.15, 0.2) is 62.3 Å². The molecule has 2 aromatic carbocycles. The molecular formula is C19H17ClN4O2S3. The van der Waals surface area contributed by atoms with Crippen LogP contribution in [0.4, 0.5) is 0 Å². The van der Waals surface area contributed by atoms with Gasteiger partial charge in [-0.05, 0) is 53.3 Å². The molecule has 150 valence electrons. The summed E-state index contributed by atoms with van der Waals surface area (Å²) in [4.78, 5) is 12.0. The highest BCUT2D eigenvalue weighted by Gasteiger charge is 2.14. The number of nitrogens with zero attached hydrogens (tertiary/aromatic N) is 2. The highest BCUT2D eigenvalue weighted by molar-refractivity contribution is 8.03. The first kappa shape index (κ1) is 21.6. The van der Waals surface area contributed by atoms with E-state index in [4.69, 9.17) is 11.6 Å². The number of para-hydroxylation sites is 1. The van der Waals surface area contributed by atoms with Crippen LogP contribution in [0.5, 0.6) is 5.75 Å². The fourth-order valence-corrected chi connectivity index (χ4v) is 5.17. The molecule has 3 rings (SSSR count). The number of hydrogen-bond acceptors (Lipinski definition) is 7. The van der Waals surface area contributed by atoms with Gasteiger partial charge in [0, 0.05) is 15.9 Å². The summed E-state index contributed by atoms with van der Waals surface area (Å²) < 4.78 is 1.73. The Balaban J connectivity index is 1.45. The van der Waals surface area contributed by atoms with Crippen LogP contribution in [0.1, 0.15) is 18.1 Å². The predicted molar refractivity (Wildman–Crippen MR) is 117 cm³/mol. The Morgan fingerprint density at radius 3 is 2.76 bits per heavy atom. The van der Waals surface area contributed by atoms with Gasteiger partial charge in [0.05, 0.1) is 11.5 Å². The Morgan fingerprint density at radius 1 is 1.24 bits per heavy atom. The number of aromatic amines is 1. The molecule has 0 spiro atoms. The molecule has 0 bridgehead atoms. The standard InChI is InChI=1S/C19H17ClN4O2S3/c1-12(15-4-2-3-5-16(15)25)21-22-17(26)11-28-19-24-23-18(29-19)27-10-13-6-8-14(20)9-7-13/h2-9,25H,10-11H2,1H3,(H,22,26). The first-order valence-corrected chi connectivity index (χ1v) is 11.7. The maximum atomic E-state index is 12.0. The molecule has 0 aliphatic heterocycles. The number of aromatic nitrogens is 2. The largest absolute Gasteiger partial charge is 0.872 e. The van der Waals surface area contributed by atoms with E-state index in [9.17, 15) is 9.90 Å². The predicted octanol–water partition coefficient (Wildman–Crippen LogP) is 3.61. The number of benzene rings is 2. The van der Waals surface area contributed by atoms with Crippen molar-refractivity contribution in [1.82, 2.24) is 10.5 Å². The number of amides is 1. The van der Waals surface area contributed by atoms with Crippen LogP contribution < -0.4 is 15.6 Å². The van der Waals surface area contributed by atoms with Crippen LogP contribution in [0.3, 0.4) is 0 Å². The lowest BCUT2D eigenvalue weighted by atomic mass is 10.1. The van der Waals surface area contributed by atoms with E-state index in [2.05, 4.69) is 20.7 Å². The number of rotatable bonds is 8. The van der Waals surface area contributed by atoms with E-state index in [-0.39, 0.29) is 17.4 Å². The Morgan fingerprint density at radius 2 is 2.00 bits per heavy atom. The van der Waals surface area contributed by atoms with Crippen molar-refractivity contribution in [3.8, 4) is 5.75 Å². The smallest absolute Gasteiger partial charge is 0.323 e. The second-order valence-electron chi connectivity index (χ2n) is 5.81. The van der Waals surface area contributed by atoms with Crippen molar-refractivity contribution in [1.29, 1.82) is 0 Å². The zero-order valence-corrected chi connectivity index (χ0v) is 18.6. The molecule has 0 radical (unpaired) electrons. The van der Waals surface area contributed by atoms with E-state index in [1.165, 1.54) is 34.7 Å². The molecule has 0 fully saturated rings. The molecule has 29 heavy (non-hydrogen) atoms. The molecule has 1 amide bonds. The van der Waals surface area contributed by atoms with E-state index in [1.54, 1.807) is 36.9 Å². The topological polar surface area (TPSA) is 91.6 Å². The van der Waals surface area contributed by atoms with Gasteiger partial charge in [0.15, 0.2) is 0 Å². The third kappa shape index (κ3) is 6.74. The molecule has 0 saturated heterocycles. The van der Waals surface area contributed by atoms with Gasteiger partial charge in [-0.2, -0.15) is 5.10 Å². The lowest BCUT2D eigenvalue weighted by molar-refractivity contribution is -0.492. The Labute approximate surface area is 185 Å². The van der Waals surface area contributed by atoms with Gasteiger partial charge >= 0.3 is 4.34 Å². The summed E-state index contributed by atoms with van der Waals surface area (Å²) in [7, 11) is 0. The maximum absolute atomic E-state index is 12.0. The summed E-state index contributed by atoms with van der Waals surface area (Å²) >= 11 is 10.4. The van der Waals surface area contributed by atoms with Crippen molar-refractivity contribution in [2.24, 2.45) is 5.10 Å². The van der Waals surface area contributed by atoms with Gasteiger partial charge in [0.25, 0.3) is 5.91 Å². The minimum absolute atomic E-state index is 0.126. The zero-order valence-electron chi connectivity index (χ0n) is 15.3. The summed E-state index contributed by atoms with van der Waals surface area (Å²) in [5.41, 5.74) is 4.59. The monoisotopic (exact) mass is 464 g/mol. The van der Waals surface area contributed by atoms with E-state index < -0.39 is 0 Å². The van der Waals surface area contributed by atoms with Gasteiger partial charge in [-0.3, -0.25) is 4.79 Å². The highest BCUT2D eigenvalue weighted by atomic mass is 35.5. The molecule has 0 saturated carbocycles. The molecule has 2 N–H and O–H groups in total. The van der Waals surface area contributed by atoms with Crippen molar-refractivity contribution in [3.05, 3.63) is 64.7 Å². The average molecular weight is 465 g/mol. The summed E-state index contributed by atoms with van der Waals surface area (Å²) in [6.07, 6.45) is 0. The quantitative estimate of drug-likeness (QED) is 0.312. The summed E-state index contributed by atoms with van der Waals surface area (Å²) in [6, 6.07) is 14.3. The molecule has 6 nitrogen and oxygen atoms in total. The number of halogens is 1. The third-order valence-electron chi connectivity index (χ3n) is 3.65.